The van der Waals surface area contributed by atoms with Crippen molar-refractivity contribution in [3.63, 3.8) is 0 Å². The molecule has 1 heterocycles. The molecule has 1 aliphatic heterocycles. The minimum atomic E-state index is -0.355. The van der Waals surface area contributed by atoms with Crippen LogP contribution >= 0.6 is 0 Å². The van der Waals surface area contributed by atoms with Crippen molar-refractivity contribution in [2.75, 3.05) is 5.01 Å². The molecule has 0 N–H and O–H groups in total. The molecule has 144 valence electrons. The van der Waals surface area contributed by atoms with Crippen LogP contribution in [0.1, 0.15) is 18.1 Å². The Balaban J connectivity index is 1.47. The molecule has 1 amide bonds. The number of anilines is 1. The Morgan fingerprint density at radius 1 is 0.966 bits per heavy atom. The highest BCUT2D eigenvalue weighted by Crippen LogP contribution is 2.25. The van der Waals surface area contributed by atoms with Gasteiger partial charge in [0.2, 0.25) is 0 Å². The summed E-state index contributed by atoms with van der Waals surface area (Å²) in [6.45, 7) is 2.28. The van der Waals surface area contributed by atoms with Crippen LogP contribution in [0.2, 0.25) is 0 Å². The molecule has 5 heteroatoms. The molecule has 0 unspecified atom stereocenters. The Hall–Kier alpha value is -3.73. The first kappa shape index (κ1) is 18.6. The number of rotatable bonds is 5. The van der Waals surface area contributed by atoms with Crippen LogP contribution < -0.4 is 9.75 Å². The topological polar surface area (TPSA) is 41.9 Å². The summed E-state index contributed by atoms with van der Waals surface area (Å²) in [6, 6.07) is 23.2. The maximum absolute atomic E-state index is 13.1. The standard InChI is InChI=1S/C24H19FN2O2/c1-17-23(24(28)27(26-17)21-11-9-20(25)10-12-21)15-18-7-13-22(14-8-18)29-16-19-5-3-2-4-6-19/h2-15H,16H2,1H3. The third-order valence-electron chi connectivity index (χ3n) is 4.57. The first-order valence-corrected chi connectivity index (χ1v) is 9.24. The molecule has 0 fully saturated rings. The van der Waals surface area contributed by atoms with Gasteiger partial charge < -0.3 is 4.74 Å². The molecule has 29 heavy (non-hydrogen) atoms. The molecule has 1 aliphatic rings. The van der Waals surface area contributed by atoms with Crippen LogP contribution in [-0.2, 0) is 11.4 Å². The molecule has 0 aromatic heterocycles. The summed E-state index contributed by atoms with van der Waals surface area (Å²) in [5.74, 6) is 0.164. The SMILES string of the molecule is CC1=NN(c2ccc(F)cc2)C(=O)C1=Cc1ccc(OCc2ccccc2)cc1. The monoisotopic (exact) mass is 386 g/mol. The van der Waals surface area contributed by atoms with Crippen LogP contribution in [0.5, 0.6) is 5.75 Å². The van der Waals surface area contributed by atoms with E-state index in [9.17, 15) is 9.18 Å². The summed E-state index contributed by atoms with van der Waals surface area (Å²) >= 11 is 0. The number of ether oxygens (including phenoxy) is 1. The normalized spacial score (nSPS) is 15.0. The van der Waals surface area contributed by atoms with Crippen molar-refractivity contribution >= 4 is 23.4 Å². The number of carbonyl (C=O) groups is 1. The maximum atomic E-state index is 13.1. The van der Waals surface area contributed by atoms with E-state index in [1.54, 1.807) is 13.0 Å². The van der Waals surface area contributed by atoms with E-state index in [-0.39, 0.29) is 11.7 Å². The van der Waals surface area contributed by atoms with E-state index >= 15 is 0 Å². The molecule has 0 atom stereocenters. The van der Waals surface area contributed by atoms with Crippen molar-refractivity contribution < 1.29 is 13.9 Å². The molecule has 3 aromatic carbocycles. The van der Waals surface area contributed by atoms with Gasteiger partial charge in [0.05, 0.1) is 17.0 Å². The summed E-state index contributed by atoms with van der Waals surface area (Å²) in [5, 5.41) is 5.60. The number of hydrazone groups is 1. The fourth-order valence-corrected chi connectivity index (χ4v) is 3.01. The van der Waals surface area contributed by atoms with Gasteiger partial charge in [-0.3, -0.25) is 4.79 Å². The predicted molar refractivity (Wildman–Crippen MR) is 112 cm³/mol. The molecule has 0 aliphatic carbocycles. The van der Waals surface area contributed by atoms with Gasteiger partial charge in [-0.25, -0.2) is 4.39 Å². The van der Waals surface area contributed by atoms with E-state index in [0.717, 1.165) is 16.9 Å². The highest BCUT2D eigenvalue weighted by atomic mass is 19.1. The van der Waals surface area contributed by atoms with Crippen molar-refractivity contribution in [1.29, 1.82) is 0 Å². The first-order valence-electron chi connectivity index (χ1n) is 9.24. The number of amides is 1. The number of halogens is 1. The van der Waals surface area contributed by atoms with Crippen molar-refractivity contribution in [1.82, 2.24) is 0 Å². The number of carbonyl (C=O) groups excluding carboxylic acids is 1. The van der Waals surface area contributed by atoms with E-state index in [1.807, 2.05) is 54.6 Å². The van der Waals surface area contributed by atoms with Crippen LogP contribution in [0.3, 0.4) is 0 Å². The van der Waals surface area contributed by atoms with Gasteiger partial charge in [-0.2, -0.15) is 10.1 Å². The van der Waals surface area contributed by atoms with Gasteiger partial charge in [-0.05, 0) is 60.5 Å². The van der Waals surface area contributed by atoms with Gasteiger partial charge in [0.25, 0.3) is 5.91 Å². The minimum absolute atomic E-state index is 0.237. The Morgan fingerprint density at radius 3 is 2.34 bits per heavy atom. The summed E-state index contributed by atoms with van der Waals surface area (Å²) < 4.78 is 18.9. The average Bonchev–Trinajstić information content (AvgIpc) is 3.03. The van der Waals surface area contributed by atoms with E-state index in [2.05, 4.69) is 5.10 Å². The molecule has 0 saturated heterocycles. The molecule has 0 bridgehead atoms. The lowest BCUT2D eigenvalue weighted by atomic mass is 10.1. The molecular formula is C24H19FN2O2. The van der Waals surface area contributed by atoms with E-state index < -0.39 is 0 Å². The quantitative estimate of drug-likeness (QED) is 0.565. The zero-order valence-corrected chi connectivity index (χ0v) is 15.9. The van der Waals surface area contributed by atoms with Crippen LogP contribution in [0.4, 0.5) is 10.1 Å². The minimum Gasteiger partial charge on any atom is -0.489 e. The summed E-state index contributed by atoms with van der Waals surface area (Å²) in [7, 11) is 0. The van der Waals surface area contributed by atoms with Crippen LogP contribution in [-0.4, -0.2) is 11.6 Å². The number of hydrogen-bond acceptors (Lipinski definition) is 3. The second kappa shape index (κ2) is 8.10. The lowest BCUT2D eigenvalue weighted by molar-refractivity contribution is -0.114. The van der Waals surface area contributed by atoms with Gasteiger partial charge in [-0.15, -0.1) is 0 Å². The first-order chi connectivity index (χ1) is 14.1. The lowest BCUT2D eigenvalue weighted by Crippen LogP contribution is -2.21. The Bertz CT molecular complexity index is 1070. The average molecular weight is 386 g/mol. The Kier molecular flexibility index (Phi) is 5.20. The molecule has 4 rings (SSSR count). The van der Waals surface area contributed by atoms with Crippen LogP contribution in [0.25, 0.3) is 6.08 Å². The predicted octanol–water partition coefficient (Wildman–Crippen LogP) is 5.21. The molecule has 3 aromatic rings. The van der Waals surface area contributed by atoms with E-state index in [1.165, 1.54) is 29.3 Å². The zero-order chi connectivity index (χ0) is 20.2. The molecule has 0 spiro atoms. The third-order valence-corrected chi connectivity index (χ3v) is 4.57. The van der Waals surface area contributed by atoms with Crippen molar-refractivity contribution in [2.24, 2.45) is 5.10 Å². The van der Waals surface area contributed by atoms with Gasteiger partial charge in [-0.1, -0.05) is 42.5 Å². The smallest absolute Gasteiger partial charge is 0.280 e. The van der Waals surface area contributed by atoms with Crippen molar-refractivity contribution in [3.05, 3.63) is 101 Å². The second-order valence-corrected chi connectivity index (χ2v) is 6.68. The highest BCUT2D eigenvalue weighted by molar-refractivity contribution is 6.32. The third kappa shape index (κ3) is 4.24. The molecule has 0 saturated carbocycles. The largest absolute Gasteiger partial charge is 0.489 e. The maximum Gasteiger partial charge on any atom is 0.280 e. The highest BCUT2D eigenvalue weighted by Gasteiger charge is 2.28. The fourth-order valence-electron chi connectivity index (χ4n) is 3.01. The van der Waals surface area contributed by atoms with E-state index in [4.69, 9.17) is 4.74 Å². The molecule has 0 radical (unpaired) electrons. The number of nitrogens with zero attached hydrogens (tertiary/aromatic N) is 2. The molecular weight excluding hydrogens is 367 g/mol. The lowest BCUT2D eigenvalue weighted by Gasteiger charge is -2.11. The van der Waals surface area contributed by atoms with Crippen molar-refractivity contribution in [2.45, 2.75) is 13.5 Å². The molecule has 4 nitrogen and oxygen atoms in total. The summed E-state index contributed by atoms with van der Waals surface area (Å²) in [5.41, 5.74) is 3.62. The van der Waals surface area contributed by atoms with Gasteiger partial charge >= 0.3 is 0 Å². The number of hydrogen-bond donors (Lipinski definition) is 0. The second-order valence-electron chi connectivity index (χ2n) is 6.68. The Morgan fingerprint density at radius 2 is 1.66 bits per heavy atom. The van der Waals surface area contributed by atoms with Gasteiger partial charge in [0, 0.05) is 0 Å². The van der Waals surface area contributed by atoms with Gasteiger partial charge in [0.1, 0.15) is 18.2 Å². The van der Waals surface area contributed by atoms with E-state index in [0.29, 0.717) is 23.6 Å². The zero-order valence-electron chi connectivity index (χ0n) is 15.9. The van der Waals surface area contributed by atoms with Crippen LogP contribution in [0.15, 0.2) is 89.5 Å². The fraction of sp³-hybridized carbons (Fsp3) is 0.0833. The summed E-state index contributed by atoms with van der Waals surface area (Å²) in [6.07, 6.45) is 1.80. The van der Waals surface area contributed by atoms with Crippen LogP contribution in [0, 0.1) is 5.82 Å². The number of benzene rings is 3. The van der Waals surface area contributed by atoms with Crippen molar-refractivity contribution in [3.8, 4) is 5.75 Å². The van der Waals surface area contributed by atoms with Gasteiger partial charge in [0.15, 0.2) is 0 Å². The summed E-state index contributed by atoms with van der Waals surface area (Å²) in [4.78, 5) is 12.8. The Labute approximate surface area is 168 Å².